The van der Waals surface area contributed by atoms with Gasteiger partial charge in [-0.05, 0) is 49.6 Å². The SMILES string of the molecule is Cc1ccc(C)c(COc2cccc(OCc3cccc(C)c3C(=O)O)c2)c1. The van der Waals surface area contributed by atoms with Crippen LogP contribution in [-0.2, 0) is 13.2 Å². The van der Waals surface area contributed by atoms with Gasteiger partial charge in [0.1, 0.15) is 24.7 Å². The highest BCUT2D eigenvalue weighted by Gasteiger charge is 2.13. The molecular formula is C24H24O4. The highest BCUT2D eigenvalue weighted by Crippen LogP contribution is 2.23. The van der Waals surface area contributed by atoms with Gasteiger partial charge in [-0.15, -0.1) is 0 Å². The first kappa shape index (κ1) is 19.5. The van der Waals surface area contributed by atoms with Crippen LogP contribution in [0.5, 0.6) is 11.5 Å². The topological polar surface area (TPSA) is 55.8 Å². The second-order valence-electron chi connectivity index (χ2n) is 6.90. The molecule has 0 aliphatic rings. The van der Waals surface area contributed by atoms with Gasteiger partial charge in [0.05, 0.1) is 5.56 Å². The van der Waals surface area contributed by atoms with E-state index in [0.717, 1.165) is 11.1 Å². The molecule has 28 heavy (non-hydrogen) atoms. The Morgan fingerprint density at radius 3 is 2.11 bits per heavy atom. The third-order valence-corrected chi connectivity index (χ3v) is 4.67. The second kappa shape index (κ2) is 8.61. The maximum Gasteiger partial charge on any atom is 0.336 e. The van der Waals surface area contributed by atoms with Crippen molar-refractivity contribution in [3.8, 4) is 11.5 Å². The molecule has 0 amide bonds. The van der Waals surface area contributed by atoms with E-state index in [1.165, 1.54) is 11.1 Å². The Labute approximate surface area is 165 Å². The summed E-state index contributed by atoms with van der Waals surface area (Å²) in [4.78, 5) is 11.5. The van der Waals surface area contributed by atoms with E-state index < -0.39 is 5.97 Å². The van der Waals surface area contributed by atoms with Crippen LogP contribution >= 0.6 is 0 Å². The van der Waals surface area contributed by atoms with Crippen LogP contribution in [0.3, 0.4) is 0 Å². The molecule has 0 heterocycles. The lowest BCUT2D eigenvalue weighted by Gasteiger charge is -2.13. The van der Waals surface area contributed by atoms with Crippen LogP contribution in [0.4, 0.5) is 0 Å². The summed E-state index contributed by atoms with van der Waals surface area (Å²) in [6.07, 6.45) is 0. The Morgan fingerprint density at radius 1 is 0.786 bits per heavy atom. The number of hydrogen-bond acceptors (Lipinski definition) is 3. The van der Waals surface area contributed by atoms with Crippen LogP contribution in [-0.4, -0.2) is 11.1 Å². The van der Waals surface area contributed by atoms with Gasteiger partial charge in [0.15, 0.2) is 0 Å². The molecule has 0 aromatic heterocycles. The van der Waals surface area contributed by atoms with Crippen molar-refractivity contribution in [2.45, 2.75) is 34.0 Å². The molecule has 3 aromatic carbocycles. The molecule has 0 aliphatic heterocycles. The molecule has 0 radical (unpaired) electrons. The highest BCUT2D eigenvalue weighted by molar-refractivity contribution is 5.91. The zero-order valence-electron chi connectivity index (χ0n) is 16.4. The summed E-state index contributed by atoms with van der Waals surface area (Å²) in [5, 5.41) is 9.43. The number of carboxylic acids is 1. The Hall–Kier alpha value is -3.27. The van der Waals surface area contributed by atoms with Gasteiger partial charge in [-0.1, -0.05) is 48.0 Å². The molecule has 0 saturated heterocycles. The van der Waals surface area contributed by atoms with Crippen LogP contribution in [0.15, 0.2) is 60.7 Å². The van der Waals surface area contributed by atoms with Crippen LogP contribution in [0, 0.1) is 20.8 Å². The summed E-state index contributed by atoms with van der Waals surface area (Å²) >= 11 is 0. The molecule has 0 atom stereocenters. The molecule has 0 spiro atoms. The lowest BCUT2D eigenvalue weighted by molar-refractivity contribution is 0.0693. The molecule has 1 N–H and O–H groups in total. The number of ether oxygens (including phenoxy) is 2. The first-order chi connectivity index (χ1) is 13.4. The smallest absolute Gasteiger partial charge is 0.336 e. The van der Waals surface area contributed by atoms with Gasteiger partial charge in [-0.25, -0.2) is 4.79 Å². The fourth-order valence-electron chi connectivity index (χ4n) is 3.09. The predicted octanol–water partition coefficient (Wildman–Crippen LogP) is 5.47. The quantitative estimate of drug-likeness (QED) is 0.594. The average Bonchev–Trinajstić information content (AvgIpc) is 2.67. The van der Waals surface area contributed by atoms with E-state index in [-0.39, 0.29) is 6.61 Å². The van der Waals surface area contributed by atoms with Gasteiger partial charge in [-0.2, -0.15) is 0 Å². The van der Waals surface area contributed by atoms with Gasteiger partial charge < -0.3 is 14.6 Å². The molecule has 0 unspecified atom stereocenters. The summed E-state index contributed by atoms with van der Waals surface area (Å²) in [6, 6.07) is 19.1. The molecule has 0 fully saturated rings. The van der Waals surface area contributed by atoms with Crippen LogP contribution in [0.2, 0.25) is 0 Å². The summed E-state index contributed by atoms with van der Waals surface area (Å²) in [6.45, 7) is 6.59. The minimum Gasteiger partial charge on any atom is -0.489 e. The third kappa shape index (κ3) is 4.71. The van der Waals surface area contributed by atoms with E-state index in [0.29, 0.717) is 29.2 Å². The van der Waals surface area contributed by atoms with Crippen molar-refractivity contribution < 1.29 is 19.4 Å². The molecule has 0 saturated carbocycles. The average molecular weight is 376 g/mol. The Kier molecular flexibility index (Phi) is 5.99. The van der Waals surface area contributed by atoms with Crippen molar-refractivity contribution in [3.63, 3.8) is 0 Å². The van der Waals surface area contributed by atoms with E-state index in [4.69, 9.17) is 9.47 Å². The van der Waals surface area contributed by atoms with Crippen molar-refractivity contribution in [1.82, 2.24) is 0 Å². The molecule has 3 aromatic rings. The lowest BCUT2D eigenvalue weighted by atomic mass is 10.0. The Balaban J connectivity index is 1.68. The minimum absolute atomic E-state index is 0.184. The summed E-state index contributed by atoms with van der Waals surface area (Å²) in [5.41, 5.74) is 5.21. The predicted molar refractivity (Wildman–Crippen MR) is 109 cm³/mol. The van der Waals surface area contributed by atoms with Gasteiger partial charge >= 0.3 is 5.97 Å². The Bertz CT molecular complexity index is 992. The first-order valence-corrected chi connectivity index (χ1v) is 9.17. The number of benzene rings is 3. The van der Waals surface area contributed by atoms with Gasteiger partial charge in [0, 0.05) is 11.6 Å². The van der Waals surface area contributed by atoms with Crippen LogP contribution in [0.1, 0.15) is 38.2 Å². The lowest BCUT2D eigenvalue weighted by Crippen LogP contribution is -2.08. The van der Waals surface area contributed by atoms with E-state index >= 15 is 0 Å². The molecule has 4 nitrogen and oxygen atoms in total. The van der Waals surface area contributed by atoms with Crippen LogP contribution < -0.4 is 9.47 Å². The fourth-order valence-corrected chi connectivity index (χ4v) is 3.09. The number of aryl methyl sites for hydroxylation is 3. The van der Waals surface area contributed by atoms with Crippen molar-refractivity contribution in [3.05, 3.63) is 94.0 Å². The summed E-state index contributed by atoms with van der Waals surface area (Å²) < 4.78 is 11.8. The van der Waals surface area contributed by atoms with E-state index in [9.17, 15) is 9.90 Å². The number of rotatable bonds is 7. The maximum atomic E-state index is 11.5. The third-order valence-electron chi connectivity index (χ3n) is 4.67. The van der Waals surface area contributed by atoms with Crippen molar-refractivity contribution >= 4 is 5.97 Å². The Morgan fingerprint density at radius 2 is 1.43 bits per heavy atom. The van der Waals surface area contributed by atoms with Crippen LogP contribution in [0.25, 0.3) is 0 Å². The van der Waals surface area contributed by atoms with Crippen molar-refractivity contribution in [1.29, 1.82) is 0 Å². The van der Waals surface area contributed by atoms with Crippen molar-refractivity contribution in [2.24, 2.45) is 0 Å². The zero-order chi connectivity index (χ0) is 20.1. The largest absolute Gasteiger partial charge is 0.489 e. The molecule has 3 rings (SSSR count). The van der Waals surface area contributed by atoms with Gasteiger partial charge in [-0.3, -0.25) is 0 Å². The molecule has 144 valence electrons. The van der Waals surface area contributed by atoms with E-state index in [1.54, 1.807) is 19.1 Å². The molecule has 4 heteroatoms. The van der Waals surface area contributed by atoms with E-state index in [2.05, 4.69) is 32.0 Å². The number of aromatic carboxylic acids is 1. The van der Waals surface area contributed by atoms with Gasteiger partial charge in [0.25, 0.3) is 0 Å². The molecule has 0 bridgehead atoms. The summed E-state index contributed by atoms with van der Waals surface area (Å²) in [7, 11) is 0. The number of hydrogen-bond donors (Lipinski definition) is 1. The minimum atomic E-state index is -0.942. The maximum absolute atomic E-state index is 11.5. The van der Waals surface area contributed by atoms with Crippen molar-refractivity contribution in [2.75, 3.05) is 0 Å². The summed E-state index contributed by atoms with van der Waals surface area (Å²) in [5.74, 6) is 0.403. The second-order valence-corrected chi connectivity index (χ2v) is 6.90. The molecular weight excluding hydrogens is 352 g/mol. The normalized spacial score (nSPS) is 10.5. The number of carbonyl (C=O) groups is 1. The monoisotopic (exact) mass is 376 g/mol. The zero-order valence-corrected chi connectivity index (χ0v) is 16.4. The fraction of sp³-hybridized carbons (Fsp3) is 0.208. The van der Waals surface area contributed by atoms with Gasteiger partial charge in [0.2, 0.25) is 0 Å². The standard InChI is InChI=1S/C24H24O4/c1-16-10-11-17(2)20(12-16)15-28-22-9-5-8-21(13-22)27-14-19-7-4-6-18(3)23(19)24(25)26/h4-13H,14-15H2,1-3H3,(H,25,26). The number of carboxylic acid groups (broad SMARTS) is 1. The molecule has 0 aliphatic carbocycles. The van der Waals surface area contributed by atoms with E-state index in [1.807, 2.05) is 30.3 Å². The highest BCUT2D eigenvalue weighted by atomic mass is 16.5. The first-order valence-electron chi connectivity index (χ1n) is 9.17.